The summed E-state index contributed by atoms with van der Waals surface area (Å²) in [4.78, 5) is 0. The second kappa shape index (κ2) is 5.19. The van der Waals surface area contributed by atoms with E-state index in [-0.39, 0.29) is 5.82 Å². The molecule has 2 aromatic carbocycles. The summed E-state index contributed by atoms with van der Waals surface area (Å²) < 4.78 is 13.1. The molecule has 3 heteroatoms. The first-order chi connectivity index (χ1) is 8.15. The molecule has 0 unspecified atom stereocenters. The summed E-state index contributed by atoms with van der Waals surface area (Å²) in [5.41, 5.74) is 2.90. The van der Waals surface area contributed by atoms with Gasteiger partial charge in [-0.3, -0.25) is 0 Å². The van der Waals surface area contributed by atoms with Crippen LogP contribution in [0, 0.1) is 12.7 Å². The van der Waals surface area contributed by atoms with Crippen molar-refractivity contribution in [3.8, 4) is 0 Å². The Kier molecular flexibility index (Phi) is 3.64. The van der Waals surface area contributed by atoms with Crippen molar-refractivity contribution in [2.45, 2.75) is 13.5 Å². The highest BCUT2D eigenvalue weighted by Gasteiger charge is 2.00. The zero-order valence-corrected chi connectivity index (χ0v) is 10.3. The molecule has 0 atom stereocenters. The lowest BCUT2D eigenvalue weighted by Gasteiger charge is -2.09. The van der Waals surface area contributed by atoms with Crippen LogP contribution in [0.1, 0.15) is 11.1 Å². The van der Waals surface area contributed by atoms with Crippen LogP contribution in [0.3, 0.4) is 0 Å². The van der Waals surface area contributed by atoms with E-state index in [4.69, 9.17) is 11.6 Å². The number of nitrogens with one attached hydrogen (secondary N) is 1. The topological polar surface area (TPSA) is 12.0 Å². The predicted molar refractivity (Wildman–Crippen MR) is 69.9 cm³/mol. The lowest BCUT2D eigenvalue weighted by atomic mass is 10.1. The predicted octanol–water partition coefficient (Wildman–Crippen LogP) is 4.40. The molecule has 1 nitrogen and oxygen atoms in total. The van der Waals surface area contributed by atoms with Gasteiger partial charge >= 0.3 is 0 Å². The maximum absolute atomic E-state index is 13.1. The first-order valence-electron chi connectivity index (χ1n) is 5.39. The van der Waals surface area contributed by atoms with Crippen molar-refractivity contribution in [2.75, 3.05) is 5.32 Å². The highest BCUT2D eigenvalue weighted by atomic mass is 35.5. The molecule has 0 fully saturated rings. The summed E-state index contributed by atoms with van der Waals surface area (Å²) in [7, 11) is 0. The molecule has 17 heavy (non-hydrogen) atoms. The molecule has 0 aliphatic rings. The van der Waals surface area contributed by atoms with E-state index in [9.17, 15) is 4.39 Å². The minimum atomic E-state index is -0.232. The van der Waals surface area contributed by atoms with E-state index in [0.717, 1.165) is 16.8 Å². The summed E-state index contributed by atoms with van der Waals surface area (Å²) in [6.07, 6.45) is 0. The Labute approximate surface area is 105 Å². The summed E-state index contributed by atoms with van der Waals surface area (Å²) >= 11 is 5.90. The highest BCUT2D eigenvalue weighted by molar-refractivity contribution is 6.30. The molecule has 0 amide bonds. The molecule has 0 aliphatic carbocycles. The van der Waals surface area contributed by atoms with Gasteiger partial charge in [0.15, 0.2) is 0 Å². The van der Waals surface area contributed by atoms with Crippen molar-refractivity contribution in [2.24, 2.45) is 0 Å². The number of benzene rings is 2. The standard InChI is InChI=1S/C14H13ClFN/c1-10-5-6-13(16)8-14(10)17-9-11-3-2-4-12(15)7-11/h2-8,17H,9H2,1H3. The Morgan fingerprint density at radius 1 is 1.18 bits per heavy atom. The zero-order valence-electron chi connectivity index (χ0n) is 9.50. The number of hydrogen-bond donors (Lipinski definition) is 1. The summed E-state index contributed by atoms with van der Waals surface area (Å²) in [6.45, 7) is 2.57. The van der Waals surface area contributed by atoms with Crippen molar-refractivity contribution in [1.29, 1.82) is 0 Å². The van der Waals surface area contributed by atoms with Crippen LogP contribution in [0.4, 0.5) is 10.1 Å². The average molecular weight is 250 g/mol. The maximum atomic E-state index is 13.1. The van der Waals surface area contributed by atoms with Crippen LogP contribution in [-0.2, 0) is 6.54 Å². The Bertz CT molecular complexity index is 525. The van der Waals surface area contributed by atoms with Crippen molar-refractivity contribution in [1.82, 2.24) is 0 Å². The quantitative estimate of drug-likeness (QED) is 0.850. The smallest absolute Gasteiger partial charge is 0.125 e. The molecule has 1 N–H and O–H groups in total. The van der Waals surface area contributed by atoms with Gasteiger partial charge in [-0.15, -0.1) is 0 Å². The van der Waals surface area contributed by atoms with E-state index < -0.39 is 0 Å². The summed E-state index contributed by atoms with van der Waals surface area (Å²) in [5, 5.41) is 3.91. The molecule has 0 saturated heterocycles. The van der Waals surface area contributed by atoms with E-state index in [1.54, 1.807) is 6.07 Å². The van der Waals surface area contributed by atoms with E-state index in [0.29, 0.717) is 11.6 Å². The summed E-state index contributed by atoms with van der Waals surface area (Å²) in [6, 6.07) is 12.3. The van der Waals surface area contributed by atoms with Gasteiger partial charge in [0.1, 0.15) is 5.82 Å². The SMILES string of the molecule is Cc1ccc(F)cc1NCc1cccc(Cl)c1. The molecule has 0 bridgehead atoms. The number of rotatable bonds is 3. The monoisotopic (exact) mass is 249 g/mol. The number of aryl methyl sites for hydroxylation is 1. The van der Waals surface area contributed by atoms with Crippen molar-refractivity contribution >= 4 is 17.3 Å². The van der Waals surface area contributed by atoms with Crippen LogP contribution in [0.2, 0.25) is 5.02 Å². The second-order valence-electron chi connectivity index (χ2n) is 3.94. The lowest BCUT2D eigenvalue weighted by molar-refractivity contribution is 0.628. The molecule has 2 rings (SSSR count). The third-order valence-corrected chi connectivity index (χ3v) is 2.81. The van der Waals surface area contributed by atoms with E-state index in [1.807, 2.05) is 31.2 Å². The molecule has 0 saturated carbocycles. The van der Waals surface area contributed by atoms with Crippen LogP contribution in [-0.4, -0.2) is 0 Å². The zero-order chi connectivity index (χ0) is 12.3. The van der Waals surface area contributed by atoms with E-state index in [2.05, 4.69) is 5.32 Å². The first-order valence-corrected chi connectivity index (χ1v) is 5.77. The van der Waals surface area contributed by atoms with Gasteiger partial charge in [0.05, 0.1) is 0 Å². The fraction of sp³-hybridized carbons (Fsp3) is 0.143. The maximum Gasteiger partial charge on any atom is 0.125 e. The van der Waals surface area contributed by atoms with Crippen LogP contribution in [0.15, 0.2) is 42.5 Å². The number of halogens is 2. The third-order valence-electron chi connectivity index (χ3n) is 2.57. The Morgan fingerprint density at radius 3 is 2.76 bits per heavy atom. The molecule has 0 spiro atoms. The van der Waals surface area contributed by atoms with Crippen molar-refractivity contribution in [3.05, 3.63) is 64.4 Å². The molecule has 88 valence electrons. The number of anilines is 1. The third kappa shape index (κ3) is 3.21. The number of hydrogen-bond acceptors (Lipinski definition) is 1. The normalized spacial score (nSPS) is 10.3. The molecule has 0 heterocycles. The fourth-order valence-corrected chi connectivity index (χ4v) is 1.84. The summed E-state index contributed by atoms with van der Waals surface area (Å²) in [5.74, 6) is -0.232. The molecule has 0 aliphatic heterocycles. The van der Waals surface area contributed by atoms with Gasteiger partial charge < -0.3 is 5.32 Å². The molecule has 0 radical (unpaired) electrons. The Balaban J connectivity index is 2.09. The van der Waals surface area contributed by atoms with Gasteiger partial charge in [0, 0.05) is 17.3 Å². The fourth-order valence-electron chi connectivity index (χ4n) is 1.63. The molecular formula is C14H13ClFN. The minimum Gasteiger partial charge on any atom is -0.381 e. The van der Waals surface area contributed by atoms with Gasteiger partial charge in [-0.05, 0) is 42.3 Å². The van der Waals surface area contributed by atoms with E-state index in [1.165, 1.54) is 12.1 Å². The van der Waals surface area contributed by atoms with Gasteiger partial charge in [-0.1, -0.05) is 29.8 Å². The van der Waals surface area contributed by atoms with Crippen LogP contribution < -0.4 is 5.32 Å². The van der Waals surface area contributed by atoms with Gasteiger partial charge in [-0.2, -0.15) is 0 Å². The van der Waals surface area contributed by atoms with Gasteiger partial charge in [0.25, 0.3) is 0 Å². The molecule has 2 aromatic rings. The molecule has 0 aromatic heterocycles. The van der Waals surface area contributed by atoms with E-state index >= 15 is 0 Å². The first kappa shape index (κ1) is 11.9. The highest BCUT2D eigenvalue weighted by Crippen LogP contribution is 2.18. The Morgan fingerprint density at radius 2 is 2.00 bits per heavy atom. The van der Waals surface area contributed by atoms with Gasteiger partial charge in [0.2, 0.25) is 0 Å². The Hall–Kier alpha value is -1.54. The largest absolute Gasteiger partial charge is 0.381 e. The van der Waals surface area contributed by atoms with Gasteiger partial charge in [-0.25, -0.2) is 4.39 Å². The van der Waals surface area contributed by atoms with Crippen LogP contribution >= 0.6 is 11.6 Å². The lowest BCUT2D eigenvalue weighted by Crippen LogP contribution is -2.01. The van der Waals surface area contributed by atoms with Crippen molar-refractivity contribution < 1.29 is 4.39 Å². The second-order valence-corrected chi connectivity index (χ2v) is 4.38. The van der Waals surface area contributed by atoms with Crippen LogP contribution in [0.25, 0.3) is 0 Å². The van der Waals surface area contributed by atoms with Crippen LogP contribution in [0.5, 0.6) is 0 Å². The molecular weight excluding hydrogens is 237 g/mol. The average Bonchev–Trinajstić information content (AvgIpc) is 2.30. The van der Waals surface area contributed by atoms with Crippen molar-refractivity contribution in [3.63, 3.8) is 0 Å². The minimum absolute atomic E-state index is 0.232.